The Hall–Kier alpha value is -1.51. The Labute approximate surface area is 154 Å². The smallest absolute Gasteiger partial charge is 0.243 e. The highest BCUT2D eigenvalue weighted by molar-refractivity contribution is 7.89. The van der Waals surface area contributed by atoms with Crippen molar-refractivity contribution in [3.8, 4) is 0 Å². The molecule has 1 aromatic rings. The summed E-state index contributed by atoms with van der Waals surface area (Å²) >= 11 is 0. The lowest BCUT2D eigenvalue weighted by Crippen LogP contribution is -2.37. The van der Waals surface area contributed by atoms with Crippen molar-refractivity contribution < 1.29 is 17.6 Å². The fraction of sp³-hybridized carbons (Fsp3) is 0.611. The van der Waals surface area contributed by atoms with Crippen LogP contribution in [0.4, 0.5) is 4.39 Å². The first kappa shape index (κ1) is 19.3. The van der Waals surface area contributed by atoms with Crippen LogP contribution in [0.2, 0.25) is 0 Å². The average molecular weight is 383 g/mol. The maximum Gasteiger partial charge on any atom is 0.243 e. The van der Waals surface area contributed by atoms with Gasteiger partial charge in [0.2, 0.25) is 15.9 Å². The van der Waals surface area contributed by atoms with Gasteiger partial charge in [0.15, 0.2) is 0 Å². The first-order valence-corrected chi connectivity index (χ1v) is 10.6. The van der Waals surface area contributed by atoms with Gasteiger partial charge in [-0.2, -0.15) is 4.31 Å². The van der Waals surface area contributed by atoms with E-state index in [9.17, 15) is 17.6 Å². The molecule has 0 aromatic heterocycles. The first-order chi connectivity index (χ1) is 12.5. The van der Waals surface area contributed by atoms with Gasteiger partial charge in [0.05, 0.1) is 4.90 Å². The average Bonchev–Trinajstić information content (AvgIpc) is 3.01. The van der Waals surface area contributed by atoms with Gasteiger partial charge in [0.25, 0.3) is 0 Å². The van der Waals surface area contributed by atoms with E-state index >= 15 is 0 Å². The zero-order valence-corrected chi connectivity index (χ0v) is 15.7. The summed E-state index contributed by atoms with van der Waals surface area (Å²) in [6.07, 6.45) is 3.14. The highest BCUT2D eigenvalue weighted by Crippen LogP contribution is 2.19. The number of halogens is 1. The van der Waals surface area contributed by atoms with E-state index < -0.39 is 15.8 Å². The fourth-order valence-electron chi connectivity index (χ4n) is 3.59. The molecule has 1 amide bonds. The molecule has 1 aromatic carbocycles. The number of carbonyl (C=O) groups is 1. The summed E-state index contributed by atoms with van der Waals surface area (Å²) in [5, 5.41) is 3.31. The maximum absolute atomic E-state index is 13.1. The fourth-order valence-corrected chi connectivity index (χ4v) is 5.06. The van der Waals surface area contributed by atoms with E-state index in [1.807, 2.05) is 0 Å². The Morgan fingerprint density at radius 3 is 2.62 bits per heavy atom. The van der Waals surface area contributed by atoms with Crippen molar-refractivity contribution in [1.29, 1.82) is 0 Å². The monoisotopic (exact) mass is 383 g/mol. The van der Waals surface area contributed by atoms with E-state index in [2.05, 4.69) is 5.32 Å². The Kier molecular flexibility index (Phi) is 6.26. The molecule has 6 nitrogen and oxygen atoms in total. The highest BCUT2D eigenvalue weighted by Gasteiger charge is 2.28. The van der Waals surface area contributed by atoms with Crippen molar-refractivity contribution in [2.75, 3.05) is 39.3 Å². The van der Waals surface area contributed by atoms with Gasteiger partial charge < -0.3 is 10.2 Å². The quantitative estimate of drug-likeness (QED) is 0.835. The second-order valence-corrected chi connectivity index (χ2v) is 8.93. The number of nitrogens with zero attached hydrogens (tertiary/aromatic N) is 2. The predicted molar refractivity (Wildman–Crippen MR) is 96.6 cm³/mol. The second-order valence-electron chi connectivity index (χ2n) is 6.99. The molecular formula is C18H26FN3O3S. The van der Waals surface area contributed by atoms with E-state index in [4.69, 9.17) is 0 Å². The van der Waals surface area contributed by atoms with Crippen molar-refractivity contribution in [2.24, 2.45) is 5.92 Å². The Bertz CT molecular complexity index is 718. The molecule has 3 rings (SSSR count). The molecule has 144 valence electrons. The number of carbonyl (C=O) groups excluding carboxylic acids is 1. The summed E-state index contributed by atoms with van der Waals surface area (Å²) in [6, 6.07) is 4.87. The van der Waals surface area contributed by atoms with Crippen LogP contribution in [0.1, 0.15) is 25.7 Å². The van der Waals surface area contributed by atoms with E-state index in [1.54, 1.807) is 4.90 Å². The van der Waals surface area contributed by atoms with E-state index in [1.165, 1.54) is 16.4 Å². The Morgan fingerprint density at radius 2 is 1.92 bits per heavy atom. The molecule has 1 N–H and O–H groups in total. The lowest BCUT2D eigenvalue weighted by Gasteiger charge is -2.22. The molecule has 2 fully saturated rings. The van der Waals surface area contributed by atoms with Crippen molar-refractivity contribution in [3.63, 3.8) is 0 Å². The summed E-state index contributed by atoms with van der Waals surface area (Å²) in [6.45, 7) is 3.64. The van der Waals surface area contributed by atoms with Crippen molar-refractivity contribution in [2.45, 2.75) is 30.6 Å². The van der Waals surface area contributed by atoms with Crippen LogP contribution >= 0.6 is 0 Å². The minimum Gasteiger partial charge on any atom is -0.341 e. The van der Waals surface area contributed by atoms with Gasteiger partial charge in [-0.05, 0) is 62.5 Å². The molecule has 26 heavy (non-hydrogen) atoms. The molecule has 0 spiro atoms. The van der Waals surface area contributed by atoms with Crippen LogP contribution < -0.4 is 5.32 Å². The summed E-state index contributed by atoms with van der Waals surface area (Å²) in [7, 11) is -3.66. The maximum atomic E-state index is 13.1. The summed E-state index contributed by atoms with van der Waals surface area (Å²) in [4.78, 5) is 14.3. The van der Waals surface area contributed by atoms with Gasteiger partial charge in [-0.1, -0.05) is 0 Å². The van der Waals surface area contributed by atoms with E-state index in [0.29, 0.717) is 38.4 Å². The van der Waals surface area contributed by atoms with Gasteiger partial charge in [0.1, 0.15) is 5.82 Å². The minimum atomic E-state index is -3.66. The number of benzene rings is 1. The third kappa shape index (κ3) is 4.61. The van der Waals surface area contributed by atoms with Gasteiger partial charge in [0, 0.05) is 32.6 Å². The van der Waals surface area contributed by atoms with E-state index in [0.717, 1.165) is 38.1 Å². The largest absolute Gasteiger partial charge is 0.341 e. The molecule has 0 saturated carbocycles. The second kappa shape index (κ2) is 8.45. The molecule has 0 radical (unpaired) electrons. The molecule has 0 aliphatic carbocycles. The minimum absolute atomic E-state index is 0.0902. The number of hydrogen-bond donors (Lipinski definition) is 1. The summed E-state index contributed by atoms with van der Waals surface area (Å²) < 4.78 is 39.9. The van der Waals surface area contributed by atoms with Gasteiger partial charge in [-0.3, -0.25) is 4.79 Å². The van der Waals surface area contributed by atoms with E-state index in [-0.39, 0.29) is 17.3 Å². The molecule has 2 heterocycles. The zero-order valence-electron chi connectivity index (χ0n) is 14.9. The van der Waals surface area contributed by atoms with Crippen LogP contribution in [0.15, 0.2) is 29.2 Å². The molecule has 1 atom stereocenters. The molecule has 8 heteroatoms. The third-order valence-corrected chi connectivity index (χ3v) is 7.10. The Morgan fingerprint density at radius 1 is 1.15 bits per heavy atom. The van der Waals surface area contributed by atoms with Crippen LogP contribution in [-0.4, -0.2) is 62.8 Å². The molecule has 0 bridgehead atoms. The SMILES string of the molecule is O=C(CCC1CCNC1)N1CCCN(S(=O)(=O)c2ccc(F)cc2)CC1. The topological polar surface area (TPSA) is 69.7 Å². The summed E-state index contributed by atoms with van der Waals surface area (Å²) in [5.74, 6) is 0.216. The first-order valence-electron chi connectivity index (χ1n) is 9.21. The number of nitrogens with one attached hydrogen (secondary N) is 1. The molecule has 1 unspecified atom stereocenters. The lowest BCUT2D eigenvalue weighted by molar-refractivity contribution is -0.131. The van der Waals surface area contributed by atoms with Crippen molar-refractivity contribution in [3.05, 3.63) is 30.1 Å². The number of sulfonamides is 1. The summed E-state index contributed by atoms with van der Waals surface area (Å²) in [5.41, 5.74) is 0. The van der Waals surface area contributed by atoms with Crippen LogP contribution in [0, 0.1) is 11.7 Å². The van der Waals surface area contributed by atoms with Crippen LogP contribution in [0.3, 0.4) is 0 Å². The number of hydrogen-bond acceptors (Lipinski definition) is 4. The number of amides is 1. The van der Waals surface area contributed by atoms with Crippen molar-refractivity contribution >= 4 is 15.9 Å². The van der Waals surface area contributed by atoms with Gasteiger partial charge >= 0.3 is 0 Å². The van der Waals surface area contributed by atoms with Crippen molar-refractivity contribution in [1.82, 2.24) is 14.5 Å². The van der Waals surface area contributed by atoms with Crippen LogP contribution in [-0.2, 0) is 14.8 Å². The van der Waals surface area contributed by atoms with Crippen LogP contribution in [0.5, 0.6) is 0 Å². The Balaban J connectivity index is 1.57. The number of rotatable bonds is 5. The van der Waals surface area contributed by atoms with Crippen LogP contribution in [0.25, 0.3) is 0 Å². The standard InChI is InChI=1S/C18H26FN3O3S/c19-16-3-5-17(6-4-16)26(24,25)22-11-1-10-21(12-13-22)18(23)7-2-15-8-9-20-14-15/h3-6,15,20H,1-2,7-14H2. The lowest BCUT2D eigenvalue weighted by atomic mass is 10.0. The molecule has 2 aliphatic heterocycles. The highest BCUT2D eigenvalue weighted by atomic mass is 32.2. The zero-order chi connectivity index (χ0) is 18.6. The van der Waals surface area contributed by atoms with Gasteiger partial charge in [-0.15, -0.1) is 0 Å². The normalized spacial score (nSPS) is 22.3. The predicted octanol–water partition coefficient (Wildman–Crippen LogP) is 1.44. The molecule has 2 saturated heterocycles. The van der Waals surface area contributed by atoms with Gasteiger partial charge in [-0.25, -0.2) is 12.8 Å². The third-order valence-electron chi connectivity index (χ3n) is 5.19. The molecular weight excluding hydrogens is 357 g/mol. The molecule has 2 aliphatic rings.